The Morgan fingerprint density at radius 2 is 1.48 bits per heavy atom. The Morgan fingerprint density at radius 3 is 2.06 bits per heavy atom. The first-order valence-corrected chi connectivity index (χ1v) is 11.2. The van der Waals surface area contributed by atoms with Crippen LogP contribution in [0.2, 0.25) is 5.02 Å². The van der Waals surface area contributed by atoms with Crippen LogP contribution in [0.15, 0.2) is 82.1 Å². The lowest BCUT2D eigenvalue weighted by Crippen LogP contribution is -2.17. The van der Waals surface area contributed by atoms with Crippen molar-refractivity contribution in [2.75, 3.05) is 11.6 Å². The number of halogens is 4. The van der Waals surface area contributed by atoms with Crippen molar-refractivity contribution >= 4 is 40.0 Å². The number of esters is 1. The van der Waals surface area contributed by atoms with Gasteiger partial charge < -0.3 is 14.8 Å². The third-order valence-electron chi connectivity index (χ3n) is 4.01. The highest BCUT2D eigenvalue weighted by Crippen LogP contribution is 2.24. The molecule has 0 aliphatic heterocycles. The number of amides is 2. The Hall–Kier alpha value is -3.37. The SMILES string of the molecule is C/S(=N/C(=O)Nc1ccc(OC(F)(F)F)cc1)c1ccc(OC(=O)c2ccc(Cl)cc2)cc1. The van der Waals surface area contributed by atoms with Gasteiger partial charge in [-0.2, -0.15) is 4.36 Å². The van der Waals surface area contributed by atoms with Gasteiger partial charge in [0, 0.05) is 15.6 Å². The van der Waals surface area contributed by atoms with Crippen LogP contribution in [-0.2, 0) is 10.7 Å². The molecule has 0 fully saturated rings. The van der Waals surface area contributed by atoms with E-state index in [2.05, 4.69) is 14.4 Å². The molecule has 0 bridgehead atoms. The number of ether oxygens (including phenoxy) is 2. The molecular formula is C22H16ClF3N2O4S. The highest BCUT2D eigenvalue weighted by atomic mass is 35.5. The van der Waals surface area contributed by atoms with Crippen molar-refractivity contribution < 1.29 is 32.2 Å². The lowest BCUT2D eigenvalue weighted by molar-refractivity contribution is -0.274. The first kappa shape index (κ1) is 24.3. The van der Waals surface area contributed by atoms with Crippen LogP contribution in [0.3, 0.4) is 0 Å². The Labute approximate surface area is 194 Å². The zero-order chi connectivity index (χ0) is 24.0. The fourth-order valence-electron chi connectivity index (χ4n) is 2.52. The number of carbonyl (C=O) groups is 2. The van der Waals surface area contributed by atoms with Crippen LogP contribution >= 0.6 is 11.6 Å². The largest absolute Gasteiger partial charge is 0.573 e. The van der Waals surface area contributed by atoms with Crippen LogP contribution in [0, 0.1) is 0 Å². The molecule has 0 aliphatic rings. The van der Waals surface area contributed by atoms with Crippen molar-refractivity contribution in [3.8, 4) is 11.5 Å². The van der Waals surface area contributed by atoms with Gasteiger partial charge in [-0.3, -0.25) is 0 Å². The molecule has 0 aromatic heterocycles. The minimum absolute atomic E-state index is 0.264. The van der Waals surface area contributed by atoms with Gasteiger partial charge in [0.25, 0.3) is 0 Å². The summed E-state index contributed by atoms with van der Waals surface area (Å²) in [5, 5.41) is 2.98. The van der Waals surface area contributed by atoms with Gasteiger partial charge in [-0.15, -0.1) is 13.2 Å². The minimum atomic E-state index is -4.79. The molecule has 0 saturated heterocycles. The molecule has 0 spiro atoms. The van der Waals surface area contributed by atoms with Crippen molar-refractivity contribution in [2.24, 2.45) is 4.36 Å². The van der Waals surface area contributed by atoms with E-state index < -0.39 is 34.8 Å². The molecule has 0 aliphatic carbocycles. The van der Waals surface area contributed by atoms with Crippen LogP contribution in [0.25, 0.3) is 0 Å². The summed E-state index contributed by atoms with van der Waals surface area (Å²) in [4.78, 5) is 25.0. The Kier molecular flexibility index (Phi) is 7.72. The maximum atomic E-state index is 12.2. The zero-order valence-corrected chi connectivity index (χ0v) is 18.5. The van der Waals surface area contributed by atoms with Gasteiger partial charge in [0.2, 0.25) is 0 Å². The number of nitrogens with one attached hydrogen (secondary N) is 1. The average molecular weight is 497 g/mol. The van der Waals surface area contributed by atoms with Crippen molar-refractivity contribution in [3.63, 3.8) is 0 Å². The van der Waals surface area contributed by atoms with E-state index in [0.717, 1.165) is 12.1 Å². The normalized spacial score (nSPS) is 12.2. The van der Waals surface area contributed by atoms with Crippen molar-refractivity contribution in [1.82, 2.24) is 0 Å². The van der Waals surface area contributed by atoms with Crippen LogP contribution in [0.1, 0.15) is 10.4 Å². The summed E-state index contributed by atoms with van der Waals surface area (Å²) >= 11 is 5.80. The van der Waals surface area contributed by atoms with E-state index in [-0.39, 0.29) is 5.69 Å². The molecule has 3 rings (SSSR count). The summed E-state index contributed by atoms with van der Waals surface area (Å²) in [7, 11) is -0.830. The number of rotatable bonds is 5. The van der Waals surface area contributed by atoms with Gasteiger partial charge in [0.15, 0.2) is 0 Å². The molecule has 11 heteroatoms. The lowest BCUT2D eigenvalue weighted by Gasteiger charge is -2.09. The van der Waals surface area contributed by atoms with E-state index in [1.165, 1.54) is 12.1 Å². The summed E-state index contributed by atoms with van der Waals surface area (Å²) in [6.45, 7) is 0. The number of nitrogens with zero attached hydrogens (tertiary/aromatic N) is 1. The number of hydrogen-bond donors (Lipinski definition) is 1. The molecule has 1 atom stereocenters. The van der Waals surface area contributed by atoms with Crippen molar-refractivity contribution in [2.45, 2.75) is 11.3 Å². The minimum Gasteiger partial charge on any atom is -0.423 e. The smallest absolute Gasteiger partial charge is 0.423 e. The number of urea groups is 1. The summed E-state index contributed by atoms with van der Waals surface area (Å²) in [5.74, 6) is -0.614. The number of benzene rings is 3. The standard InChI is InChI=1S/C22H16ClF3N2O4S/c1-33(28-21(30)27-16-6-8-18(9-7-16)32-22(24,25)26)19-12-10-17(11-13-19)31-20(29)14-2-4-15(23)5-3-14/h2-13H,1H3,(H,27,30). The molecule has 172 valence electrons. The number of anilines is 1. The first-order valence-electron chi connectivity index (χ1n) is 9.21. The van der Waals surface area contributed by atoms with Crippen molar-refractivity contribution in [1.29, 1.82) is 0 Å². The molecule has 0 saturated carbocycles. The fourth-order valence-corrected chi connectivity index (χ4v) is 3.58. The summed E-state index contributed by atoms with van der Waals surface area (Å²) in [5.41, 5.74) is 0.614. The van der Waals surface area contributed by atoms with E-state index in [9.17, 15) is 22.8 Å². The van der Waals surface area contributed by atoms with E-state index in [0.29, 0.717) is 21.2 Å². The highest BCUT2D eigenvalue weighted by molar-refractivity contribution is 7.87. The maximum absolute atomic E-state index is 12.2. The molecule has 1 N–H and O–H groups in total. The van der Waals surface area contributed by atoms with Gasteiger partial charge in [0.1, 0.15) is 11.5 Å². The predicted molar refractivity (Wildman–Crippen MR) is 119 cm³/mol. The summed E-state index contributed by atoms with van der Waals surface area (Å²) in [6, 6.07) is 16.8. The molecule has 6 nitrogen and oxygen atoms in total. The van der Waals surface area contributed by atoms with Gasteiger partial charge in [-0.05, 0) is 79.1 Å². The Bertz CT molecular complexity index is 1170. The molecule has 3 aromatic carbocycles. The second-order valence-corrected chi connectivity index (χ2v) is 8.49. The second kappa shape index (κ2) is 10.5. The number of carbonyl (C=O) groups excluding carboxylic acids is 2. The van der Waals surface area contributed by atoms with E-state index in [1.54, 1.807) is 54.8 Å². The molecule has 1 unspecified atom stereocenters. The van der Waals surface area contributed by atoms with E-state index in [1.807, 2.05) is 0 Å². The predicted octanol–water partition coefficient (Wildman–Crippen LogP) is 6.48. The van der Waals surface area contributed by atoms with Gasteiger partial charge in [-0.1, -0.05) is 22.3 Å². The van der Waals surface area contributed by atoms with E-state index >= 15 is 0 Å². The average Bonchev–Trinajstić information content (AvgIpc) is 2.75. The van der Waals surface area contributed by atoms with Crippen LogP contribution in [-0.4, -0.2) is 24.6 Å². The Morgan fingerprint density at radius 1 is 0.909 bits per heavy atom. The molecule has 0 radical (unpaired) electrons. The monoisotopic (exact) mass is 496 g/mol. The number of hydrogen-bond acceptors (Lipinski definition) is 4. The maximum Gasteiger partial charge on any atom is 0.573 e. The molecular weight excluding hydrogens is 481 g/mol. The molecule has 3 aromatic rings. The van der Waals surface area contributed by atoms with Crippen LogP contribution in [0.5, 0.6) is 11.5 Å². The third-order valence-corrected chi connectivity index (χ3v) is 5.66. The lowest BCUT2D eigenvalue weighted by atomic mass is 10.2. The molecule has 0 heterocycles. The van der Waals surface area contributed by atoms with Crippen LogP contribution in [0.4, 0.5) is 23.7 Å². The summed E-state index contributed by atoms with van der Waals surface area (Å²) < 4.78 is 49.7. The third kappa shape index (κ3) is 7.62. The van der Waals surface area contributed by atoms with Crippen LogP contribution < -0.4 is 14.8 Å². The first-order chi connectivity index (χ1) is 15.6. The van der Waals surface area contributed by atoms with E-state index in [4.69, 9.17) is 16.3 Å². The zero-order valence-electron chi connectivity index (χ0n) is 16.9. The highest BCUT2D eigenvalue weighted by Gasteiger charge is 2.30. The van der Waals surface area contributed by atoms with Crippen molar-refractivity contribution in [3.05, 3.63) is 83.4 Å². The van der Waals surface area contributed by atoms with Gasteiger partial charge in [-0.25, -0.2) is 9.59 Å². The quantitative estimate of drug-likeness (QED) is 0.324. The molecule has 33 heavy (non-hydrogen) atoms. The number of alkyl halides is 3. The Balaban J connectivity index is 1.59. The topological polar surface area (TPSA) is 77.0 Å². The van der Waals surface area contributed by atoms with Gasteiger partial charge in [0.05, 0.1) is 5.56 Å². The fraction of sp³-hybridized carbons (Fsp3) is 0.0909. The summed E-state index contributed by atoms with van der Waals surface area (Å²) in [6.07, 6.45) is -3.07. The van der Waals surface area contributed by atoms with Gasteiger partial charge >= 0.3 is 18.4 Å². The molecule has 2 amide bonds. The second-order valence-electron chi connectivity index (χ2n) is 6.44.